The molecular weight excluding hydrogens is 405 g/mol. The van der Waals surface area contributed by atoms with Crippen molar-refractivity contribution in [1.29, 1.82) is 0 Å². The summed E-state index contributed by atoms with van der Waals surface area (Å²) in [5.41, 5.74) is -2.44. The van der Waals surface area contributed by atoms with Gasteiger partial charge in [0, 0.05) is 6.26 Å². The van der Waals surface area contributed by atoms with Gasteiger partial charge in [0.1, 0.15) is 24.0 Å². The highest BCUT2D eigenvalue weighted by Crippen LogP contribution is 2.65. The van der Waals surface area contributed by atoms with E-state index in [0.29, 0.717) is 5.69 Å². The zero-order valence-corrected chi connectivity index (χ0v) is 18.2. The summed E-state index contributed by atoms with van der Waals surface area (Å²) in [6.07, 6.45) is 3.69. The summed E-state index contributed by atoms with van der Waals surface area (Å²) in [6, 6.07) is 1.69. The number of rotatable bonds is 12. The molecule has 1 rings (SSSR count). The lowest BCUT2D eigenvalue weighted by Crippen LogP contribution is -2.39. The molecule has 0 aliphatic rings. The fraction of sp³-hybridized carbons (Fsp3) is 0.800. The van der Waals surface area contributed by atoms with E-state index in [-0.39, 0.29) is 5.92 Å². The Balaban J connectivity index is 3.52. The molecule has 0 bridgehead atoms. The quantitative estimate of drug-likeness (QED) is 0.389. The minimum absolute atomic E-state index is 0.295. The van der Waals surface area contributed by atoms with Gasteiger partial charge in [-0.1, -0.05) is 13.8 Å². The average Bonchev–Trinajstić information content (AvgIpc) is 3.00. The van der Waals surface area contributed by atoms with Crippen LogP contribution in [0.1, 0.15) is 32.1 Å². The number of nitrogens with zero attached hydrogens (tertiary/aromatic N) is 2. The Bertz CT molecular complexity index is 583. The van der Waals surface area contributed by atoms with Crippen LogP contribution in [0.25, 0.3) is 0 Å². The number of halogens is 2. The van der Waals surface area contributed by atoms with Gasteiger partial charge in [-0.05, 0) is 37.1 Å². The van der Waals surface area contributed by atoms with Crippen LogP contribution in [0.2, 0.25) is 0 Å². The summed E-state index contributed by atoms with van der Waals surface area (Å²) in [5.74, 6) is -0.346. The Morgan fingerprint density at radius 2 is 1.85 bits per heavy atom. The summed E-state index contributed by atoms with van der Waals surface area (Å²) < 4.78 is 50.9. The molecular formula is C15H27F2N2O4PS2. The van der Waals surface area contributed by atoms with Crippen molar-refractivity contribution in [3.05, 3.63) is 11.8 Å². The third-order valence-electron chi connectivity index (χ3n) is 4.06. The highest BCUT2D eigenvalue weighted by molar-refractivity contribution is 8.00. The lowest BCUT2D eigenvalue weighted by atomic mass is 9.87. The van der Waals surface area contributed by atoms with Gasteiger partial charge in [-0.2, -0.15) is 5.10 Å². The molecule has 0 amide bonds. The van der Waals surface area contributed by atoms with Crippen molar-refractivity contribution in [2.45, 2.75) is 37.1 Å². The minimum atomic E-state index is -4.11. The largest absolute Gasteiger partial charge is 0.389 e. The normalized spacial score (nSPS) is 16.0. The van der Waals surface area contributed by atoms with E-state index in [1.54, 1.807) is 24.0 Å². The molecule has 1 heterocycles. The van der Waals surface area contributed by atoms with Gasteiger partial charge in [0.15, 0.2) is 0 Å². The summed E-state index contributed by atoms with van der Waals surface area (Å²) in [6.45, 7) is 2.29. The maximum atomic E-state index is 13.5. The molecule has 1 N–H and O–H groups in total. The van der Waals surface area contributed by atoms with E-state index in [4.69, 9.17) is 9.05 Å². The lowest BCUT2D eigenvalue weighted by Gasteiger charge is -2.38. The first-order chi connectivity index (χ1) is 12.2. The second-order valence-corrected chi connectivity index (χ2v) is 9.68. The van der Waals surface area contributed by atoms with Crippen molar-refractivity contribution in [2.24, 2.45) is 5.92 Å². The molecule has 0 aromatic carbocycles. The van der Waals surface area contributed by atoms with Gasteiger partial charge < -0.3 is 14.2 Å². The fourth-order valence-corrected chi connectivity index (χ4v) is 6.07. The highest BCUT2D eigenvalue weighted by atomic mass is 32.2. The van der Waals surface area contributed by atoms with Crippen molar-refractivity contribution in [3.63, 3.8) is 0 Å². The van der Waals surface area contributed by atoms with Crippen LogP contribution in [-0.4, -0.2) is 59.0 Å². The predicted molar refractivity (Wildman–Crippen MR) is 103 cm³/mol. The van der Waals surface area contributed by atoms with Gasteiger partial charge in [-0.3, -0.25) is 4.57 Å². The molecule has 0 saturated carbocycles. The lowest BCUT2D eigenvalue weighted by molar-refractivity contribution is -0.00315. The van der Waals surface area contributed by atoms with Gasteiger partial charge in [-0.25, -0.2) is 12.9 Å². The molecule has 26 heavy (non-hydrogen) atoms. The zero-order chi connectivity index (χ0) is 20.0. The first-order valence-corrected chi connectivity index (χ1v) is 12.1. The molecule has 1 aromatic rings. The SMILES string of the molecule is CSc1cc([C@@H]([C@](C)(O)C(C)C)P(=O)(OCCF)OCCF)nn1SC. The first kappa shape index (κ1) is 23.9. The van der Waals surface area contributed by atoms with Crippen molar-refractivity contribution in [2.75, 3.05) is 39.1 Å². The average molecular weight is 432 g/mol. The number of alkyl halides is 2. The number of hydrogen-bond acceptors (Lipinski definition) is 7. The van der Waals surface area contributed by atoms with Crippen LogP contribution in [0, 0.1) is 5.92 Å². The summed E-state index contributed by atoms with van der Waals surface area (Å²) in [5, 5.41) is 16.3. The van der Waals surface area contributed by atoms with Gasteiger partial charge in [-0.15, -0.1) is 11.8 Å². The summed E-state index contributed by atoms with van der Waals surface area (Å²) in [7, 11) is -4.11. The van der Waals surface area contributed by atoms with Crippen LogP contribution in [0.3, 0.4) is 0 Å². The smallest absolute Gasteiger partial charge is 0.342 e. The van der Waals surface area contributed by atoms with Gasteiger partial charge in [0.2, 0.25) is 0 Å². The Hall–Kier alpha value is -0.120. The molecule has 152 valence electrons. The summed E-state index contributed by atoms with van der Waals surface area (Å²) >= 11 is 2.77. The Morgan fingerprint density at radius 1 is 1.31 bits per heavy atom. The minimum Gasteiger partial charge on any atom is -0.389 e. The molecule has 2 atom stereocenters. The van der Waals surface area contributed by atoms with Gasteiger partial charge in [0.25, 0.3) is 0 Å². The van der Waals surface area contributed by atoms with Crippen LogP contribution in [0.15, 0.2) is 11.1 Å². The molecule has 0 aliphatic heterocycles. The van der Waals surface area contributed by atoms with Gasteiger partial charge >= 0.3 is 7.60 Å². The molecule has 0 unspecified atom stereocenters. The number of hydrogen-bond donors (Lipinski definition) is 1. The topological polar surface area (TPSA) is 73.6 Å². The van der Waals surface area contributed by atoms with E-state index in [2.05, 4.69) is 5.10 Å². The molecule has 11 heteroatoms. The number of aromatic nitrogens is 2. The Kier molecular flexibility index (Phi) is 9.60. The van der Waals surface area contributed by atoms with Gasteiger partial charge in [0.05, 0.1) is 24.5 Å². The Morgan fingerprint density at radius 3 is 2.19 bits per heavy atom. The van der Waals surface area contributed by atoms with Crippen molar-refractivity contribution < 1.29 is 27.5 Å². The van der Waals surface area contributed by atoms with Crippen molar-refractivity contribution in [1.82, 2.24) is 9.19 Å². The first-order valence-electron chi connectivity index (χ1n) is 8.09. The predicted octanol–water partition coefficient (Wildman–Crippen LogP) is 4.34. The van der Waals surface area contributed by atoms with Crippen LogP contribution in [0.5, 0.6) is 0 Å². The fourth-order valence-electron chi connectivity index (χ4n) is 2.37. The van der Waals surface area contributed by atoms with E-state index in [0.717, 1.165) is 5.03 Å². The monoisotopic (exact) mass is 432 g/mol. The van der Waals surface area contributed by atoms with E-state index in [9.17, 15) is 18.5 Å². The number of aliphatic hydroxyl groups is 1. The number of thioether (sulfide) groups is 1. The molecule has 0 spiro atoms. The highest BCUT2D eigenvalue weighted by Gasteiger charge is 2.51. The Labute approximate surface area is 162 Å². The van der Waals surface area contributed by atoms with Crippen molar-refractivity contribution >= 4 is 31.3 Å². The molecule has 6 nitrogen and oxygen atoms in total. The molecule has 1 aromatic heterocycles. The molecule has 0 radical (unpaired) electrons. The molecule has 0 saturated heterocycles. The van der Waals surface area contributed by atoms with Crippen LogP contribution < -0.4 is 0 Å². The molecule has 0 fully saturated rings. The second-order valence-electron chi connectivity index (χ2n) is 6.03. The third kappa shape index (κ3) is 5.45. The van der Waals surface area contributed by atoms with Crippen LogP contribution >= 0.6 is 31.3 Å². The standard InChI is InChI=1S/C15H27F2N2O4PS2/c1-11(2)15(3,20)14(12-10-13(25-4)19(18-12)26-5)24(21,22-8-6-16)23-9-7-17/h10-11,14,20H,6-9H2,1-5H3/t14-,15+/m0/s1. The maximum absolute atomic E-state index is 13.5. The van der Waals surface area contributed by atoms with Crippen LogP contribution in [-0.2, 0) is 13.6 Å². The zero-order valence-electron chi connectivity index (χ0n) is 15.6. The third-order valence-corrected chi connectivity index (χ3v) is 8.02. The van der Waals surface area contributed by atoms with E-state index < -0.39 is 45.4 Å². The van der Waals surface area contributed by atoms with E-state index in [1.165, 1.54) is 30.6 Å². The van der Waals surface area contributed by atoms with E-state index >= 15 is 0 Å². The summed E-state index contributed by atoms with van der Waals surface area (Å²) in [4.78, 5) is 0. The van der Waals surface area contributed by atoms with E-state index in [1.807, 2.05) is 12.5 Å². The van der Waals surface area contributed by atoms with Crippen molar-refractivity contribution in [3.8, 4) is 0 Å². The second kappa shape index (κ2) is 10.4. The van der Waals surface area contributed by atoms with Crippen LogP contribution in [0.4, 0.5) is 8.78 Å². The molecule has 0 aliphatic carbocycles. The maximum Gasteiger partial charge on any atom is 0.342 e.